The van der Waals surface area contributed by atoms with Crippen molar-refractivity contribution < 1.29 is 57.7 Å². The van der Waals surface area contributed by atoms with Crippen LogP contribution < -0.4 is 47.6 Å². The summed E-state index contributed by atoms with van der Waals surface area (Å²) in [6.45, 7) is 11.9. The van der Waals surface area contributed by atoms with Crippen LogP contribution in [0.2, 0.25) is 11.1 Å². The van der Waals surface area contributed by atoms with E-state index >= 15 is 0 Å². The number of halogens is 3. The van der Waals surface area contributed by atoms with E-state index < -0.39 is 8.07 Å². The Morgan fingerprint density at radius 3 is 1.43 bits per heavy atom. The van der Waals surface area contributed by atoms with E-state index in [4.69, 9.17) is 0 Å². The van der Waals surface area contributed by atoms with Gasteiger partial charge in [0.05, 0.1) is 0 Å². The molecule has 0 heterocycles. The third-order valence-corrected chi connectivity index (χ3v) is 14.5. The first-order valence-corrected chi connectivity index (χ1v) is 12.1. The Bertz CT molecular complexity index is 781. The third-order valence-electron chi connectivity index (χ3n) is 6.67. The quantitative estimate of drug-likeness (QED) is 0.390. The molecule has 0 spiro atoms. The predicted octanol–water partition coefficient (Wildman–Crippen LogP) is -3.79. The summed E-state index contributed by atoms with van der Waals surface area (Å²) < 4.78 is 1.57. The summed E-state index contributed by atoms with van der Waals surface area (Å²) >= 11 is 2.37. The van der Waals surface area contributed by atoms with Crippen molar-refractivity contribution in [2.24, 2.45) is 0 Å². The second-order valence-electron chi connectivity index (χ2n) is 7.37. The molecule has 2 aromatic carbocycles. The van der Waals surface area contributed by atoms with Crippen LogP contribution in [0.5, 0.6) is 0 Å². The maximum atomic E-state index is 2.52. The van der Waals surface area contributed by atoms with Crippen LogP contribution >= 0.6 is 0 Å². The summed E-state index contributed by atoms with van der Waals surface area (Å²) in [5.41, 5.74) is 4.57. The van der Waals surface area contributed by atoms with Gasteiger partial charge in [0.15, 0.2) is 0 Å². The molecule has 0 aromatic heterocycles. The molecule has 0 N–H and O–H groups in total. The summed E-state index contributed by atoms with van der Waals surface area (Å²) in [5.74, 6) is 0. The van der Waals surface area contributed by atoms with E-state index in [9.17, 15) is 0 Å². The Kier molecular flexibility index (Phi) is 10.6. The molecule has 0 bridgehead atoms. The van der Waals surface area contributed by atoms with Crippen LogP contribution in [0, 0.1) is 0 Å². The summed E-state index contributed by atoms with van der Waals surface area (Å²) in [5, 5.41) is 3.22. The molecule has 0 amide bonds. The molecule has 0 radical (unpaired) electrons. The molecule has 3 rings (SSSR count). The van der Waals surface area contributed by atoms with E-state index in [1.807, 2.05) is 0 Å². The second-order valence-corrected chi connectivity index (χ2v) is 12.8. The maximum absolute atomic E-state index is 2.52. The first-order chi connectivity index (χ1) is 11.9. The molecule has 1 aliphatic rings. The van der Waals surface area contributed by atoms with E-state index in [-0.39, 0.29) is 42.3 Å². The van der Waals surface area contributed by atoms with Crippen LogP contribution in [-0.4, -0.2) is 8.07 Å². The largest absolute Gasteiger partial charge is 1.00 e. The van der Waals surface area contributed by atoms with Crippen LogP contribution in [0.15, 0.2) is 81.3 Å². The average molecular weight is 486 g/mol. The molecule has 0 nitrogen and oxygen atoms in total. The molecule has 5 heteroatoms. The van der Waals surface area contributed by atoms with Crippen LogP contribution in [0.3, 0.4) is 0 Å². The van der Waals surface area contributed by atoms with Crippen LogP contribution in [0.25, 0.3) is 0 Å². The number of hydrogen-bond acceptors (Lipinski definition) is 0. The van der Waals surface area contributed by atoms with Crippen LogP contribution in [0.1, 0.15) is 34.6 Å². The average Bonchev–Trinajstić information content (AvgIpc) is 2.81. The SMILES string of the molecule is CC[Si](c1ccccc1)(c1ccccc1)C1(C)C(C)=C(C)C(C)=[C]1[Ti+3].[Cl-].[Cl-].[Cl-]. The number of benzene rings is 2. The van der Waals surface area contributed by atoms with Crippen molar-refractivity contribution in [1.82, 2.24) is 0 Å². The summed E-state index contributed by atoms with van der Waals surface area (Å²) in [6.07, 6.45) is 0. The minimum absolute atomic E-state index is 0. The van der Waals surface area contributed by atoms with E-state index in [2.05, 4.69) is 116 Å². The van der Waals surface area contributed by atoms with Gasteiger partial charge in [-0.15, -0.1) is 0 Å². The van der Waals surface area contributed by atoms with Crippen molar-refractivity contribution in [1.29, 1.82) is 0 Å². The minimum Gasteiger partial charge on any atom is -1.00 e. The zero-order chi connectivity index (χ0) is 18.2. The van der Waals surface area contributed by atoms with Gasteiger partial charge in [-0.1, -0.05) is 0 Å². The van der Waals surface area contributed by atoms with Gasteiger partial charge in [0.1, 0.15) is 0 Å². The Morgan fingerprint density at radius 1 is 0.750 bits per heavy atom. The summed E-state index contributed by atoms with van der Waals surface area (Å²) in [6, 6.07) is 23.8. The molecule has 1 atom stereocenters. The number of hydrogen-bond donors (Lipinski definition) is 0. The topological polar surface area (TPSA) is 0 Å². The van der Waals surface area contributed by atoms with Gasteiger partial charge in [-0.2, -0.15) is 0 Å². The van der Waals surface area contributed by atoms with Crippen LogP contribution in [0.4, 0.5) is 0 Å². The van der Waals surface area contributed by atoms with Gasteiger partial charge >= 0.3 is 166 Å². The van der Waals surface area contributed by atoms with Crippen molar-refractivity contribution >= 4 is 18.4 Å². The number of rotatable bonds is 4. The molecule has 1 unspecified atom stereocenters. The van der Waals surface area contributed by atoms with Crippen molar-refractivity contribution in [2.45, 2.75) is 45.7 Å². The second kappa shape index (κ2) is 10.7. The molecule has 148 valence electrons. The molecule has 28 heavy (non-hydrogen) atoms. The zero-order valence-corrected chi connectivity index (χ0v) is 21.9. The first kappa shape index (κ1) is 27.7. The molecule has 2 aromatic rings. The molecule has 0 saturated heterocycles. The van der Waals surface area contributed by atoms with Gasteiger partial charge < -0.3 is 37.2 Å². The predicted molar refractivity (Wildman–Crippen MR) is 108 cm³/mol. The zero-order valence-electron chi connectivity index (χ0n) is 17.1. The standard InChI is InChI=1S/C23H27Si.3ClH.Ti/c1-6-24(21-13-9-7-10-14-21,22-15-11-8-12-16-22)23(5)17-18(2)19(3)20(23)4;;;;/h7-16H,6H2,1-5H3;3*1H;/q;;;;+3/p-3. The van der Waals surface area contributed by atoms with Crippen molar-refractivity contribution in [3.63, 3.8) is 0 Å². The van der Waals surface area contributed by atoms with Gasteiger partial charge in [0, 0.05) is 0 Å². The molecular weight excluding hydrogens is 459 g/mol. The molecule has 1 aliphatic carbocycles. The van der Waals surface area contributed by atoms with E-state index in [1.54, 1.807) is 19.8 Å². The Morgan fingerprint density at radius 2 is 1.14 bits per heavy atom. The van der Waals surface area contributed by atoms with E-state index in [0.717, 1.165) is 0 Å². The van der Waals surface area contributed by atoms with E-state index in [0.29, 0.717) is 0 Å². The molecule has 0 aliphatic heterocycles. The Labute approximate surface area is 201 Å². The van der Waals surface area contributed by atoms with Crippen molar-refractivity contribution in [3.8, 4) is 0 Å². The van der Waals surface area contributed by atoms with Crippen LogP contribution in [-0.2, 0) is 20.4 Å². The first-order valence-electron chi connectivity index (χ1n) is 9.13. The van der Waals surface area contributed by atoms with Crippen molar-refractivity contribution in [3.05, 3.63) is 81.3 Å². The summed E-state index contributed by atoms with van der Waals surface area (Å²) in [7, 11) is -2.04. The smallest absolute Gasteiger partial charge is 1.00 e. The maximum Gasteiger partial charge on any atom is -1.00 e. The number of allylic oxidation sites excluding steroid dienone is 4. The summed E-state index contributed by atoms with van der Waals surface area (Å²) in [4.78, 5) is 0. The fraction of sp³-hybridized carbons (Fsp3) is 0.304. The van der Waals surface area contributed by atoms with Gasteiger partial charge in [-0.05, 0) is 0 Å². The van der Waals surface area contributed by atoms with Gasteiger partial charge in [0.25, 0.3) is 0 Å². The fourth-order valence-corrected chi connectivity index (χ4v) is 12.5. The Balaban J connectivity index is 0.00000243. The fourth-order valence-electron chi connectivity index (χ4n) is 4.89. The molecular formula is C23H27Cl3SiTi. The van der Waals surface area contributed by atoms with Gasteiger partial charge in [0.2, 0.25) is 0 Å². The third kappa shape index (κ3) is 3.87. The van der Waals surface area contributed by atoms with Gasteiger partial charge in [-0.3, -0.25) is 0 Å². The monoisotopic (exact) mass is 484 g/mol. The van der Waals surface area contributed by atoms with E-state index in [1.165, 1.54) is 17.2 Å². The molecule has 0 fully saturated rings. The van der Waals surface area contributed by atoms with Crippen molar-refractivity contribution in [2.75, 3.05) is 0 Å². The molecule has 0 saturated carbocycles. The Hall–Kier alpha value is -0.279. The normalized spacial score (nSPS) is 19.0. The van der Waals surface area contributed by atoms with Gasteiger partial charge in [-0.25, -0.2) is 0 Å². The minimum atomic E-state index is -2.04.